The molecule has 1 unspecified atom stereocenters. The third-order valence-electron chi connectivity index (χ3n) is 8.17. The fraction of sp³-hybridized carbons (Fsp3) is 0.424. The molecule has 1 heterocycles. The first kappa shape index (κ1) is 31.3. The molecule has 2 aromatic carbocycles. The van der Waals surface area contributed by atoms with Gasteiger partial charge in [0.05, 0.1) is 15.6 Å². The monoisotopic (exact) mass is 654 g/mol. The van der Waals surface area contributed by atoms with Crippen molar-refractivity contribution in [3.63, 3.8) is 0 Å². The number of rotatable bonds is 10. The lowest BCUT2D eigenvalue weighted by Crippen LogP contribution is -2.45. The van der Waals surface area contributed by atoms with Crippen LogP contribution in [-0.2, 0) is 23.7 Å². The van der Waals surface area contributed by atoms with Gasteiger partial charge in [-0.2, -0.15) is 0 Å². The van der Waals surface area contributed by atoms with Crippen molar-refractivity contribution in [1.29, 1.82) is 0 Å². The highest BCUT2D eigenvalue weighted by Crippen LogP contribution is 2.51. The van der Waals surface area contributed by atoms with Crippen LogP contribution in [0.3, 0.4) is 0 Å². The first-order valence-corrected chi connectivity index (χ1v) is 14.9. The Bertz CT molecular complexity index is 1530. The minimum atomic E-state index is -0.907. The summed E-state index contributed by atoms with van der Waals surface area (Å²) in [4.78, 5) is 41.1. The predicted molar refractivity (Wildman–Crippen MR) is 161 cm³/mol. The van der Waals surface area contributed by atoms with E-state index in [1.54, 1.807) is 12.1 Å². The van der Waals surface area contributed by atoms with Gasteiger partial charge in [0.1, 0.15) is 23.2 Å². The smallest absolute Gasteiger partial charge is 0.205 e. The van der Waals surface area contributed by atoms with E-state index in [1.807, 2.05) is 27.7 Å². The van der Waals surface area contributed by atoms with Crippen molar-refractivity contribution in [3.05, 3.63) is 79.4 Å². The number of carbonyl (C=O) groups is 3. The van der Waals surface area contributed by atoms with E-state index < -0.39 is 29.6 Å². The SMILES string of the molecule is CC[C@]12CC(=O)C=C(CC3=C(Br)C(=O)c4c(OCOC)ccc(OCOC)c4C3=O)[C@H]1OC(c1c(C)cc(C)cc1C)O2. The van der Waals surface area contributed by atoms with Crippen molar-refractivity contribution in [2.45, 2.75) is 65.0 Å². The van der Waals surface area contributed by atoms with Gasteiger partial charge in [-0.05, 0) is 78.0 Å². The molecule has 2 aromatic rings. The topological polar surface area (TPSA) is 107 Å². The van der Waals surface area contributed by atoms with E-state index in [9.17, 15) is 14.4 Å². The lowest BCUT2D eigenvalue weighted by atomic mass is 9.76. The minimum absolute atomic E-state index is 0.00241. The molecule has 2 aliphatic carbocycles. The van der Waals surface area contributed by atoms with Crippen LogP contribution in [0.1, 0.15) is 75.4 Å². The Morgan fingerprint density at radius 1 is 0.930 bits per heavy atom. The normalized spacial score (nSPS) is 23.3. The maximum Gasteiger partial charge on any atom is 0.205 e. The predicted octanol–water partition coefficient (Wildman–Crippen LogP) is 6.16. The summed E-state index contributed by atoms with van der Waals surface area (Å²) < 4.78 is 34.7. The number of benzene rings is 2. The van der Waals surface area contributed by atoms with Gasteiger partial charge >= 0.3 is 0 Å². The van der Waals surface area contributed by atoms with Gasteiger partial charge in [-0.1, -0.05) is 24.6 Å². The fourth-order valence-corrected chi connectivity index (χ4v) is 6.84. The molecular formula is C33H35BrO9. The number of aryl methyl sites for hydroxylation is 3. The minimum Gasteiger partial charge on any atom is -0.467 e. The number of fused-ring (bicyclic) bond motifs is 2. The lowest BCUT2D eigenvalue weighted by Gasteiger charge is -2.35. The Hall–Kier alpha value is -3.15. The highest BCUT2D eigenvalue weighted by Gasteiger charge is 2.54. The molecule has 0 spiro atoms. The van der Waals surface area contributed by atoms with E-state index in [1.165, 1.54) is 20.3 Å². The zero-order valence-corrected chi connectivity index (χ0v) is 26.7. The fourth-order valence-electron chi connectivity index (χ4n) is 6.33. The van der Waals surface area contributed by atoms with Crippen molar-refractivity contribution in [3.8, 4) is 11.5 Å². The largest absolute Gasteiger partial charge is 0.467 e. The van der Waals surface area contributed by atoms with Crippen LogP contribution in [0.15, 0.2) is 46.0 Å². The van der Waals surface area contributed by atoms with E-state index in [4.69, 9.17) is 28.4 Å². The van der Waals surface area contributed by atoms with Crippen LogP contribution in [0, 0.1) is 20.8 Å². The van der Waals surface area contributed by atoms with Crippen LogP contribution in [0.25, 0.3) is 0 Å². The van der Waals surface area contributed by atoms with Crippen LogP contribution in [-0.4, -0.2) is 56.9 Å². The average molecular weight is 656 g/mol. The summed E-state index contributed by atoms with van der Waals surface area (Å²) in [6, 6.07) is 7.27. The Morgan fingerprint density at radius 3 is 2.07 bits per heavy atom. The number of hydrogen-bond acceptors (Lipinski definition) is 9. The molecule has 0 saturated carbocycles. The molecule has 1 aliphatic heterocycles. The molecule has 228 valence electrons. The van der Waals surface area contributed by atoms with Gasteiger partial charge in [-0.25, -0.2) is 0 Å². The van der Waals surface area contributed by atoms with Crippen molar-refractivity contribution < 1.29 is 42.8 Å². The first-order chi connectivity index (χ1) is 20.5. The van der Waals surface area contributed by atoms with Crippen molar-refractivity contribution >= 4 is 33.3 Å². The molecule has 5 rings (SSSR count). The summed E-state index contributed by atoms with van der Waals surface area (Å²) in [5, 5.41) is 0. The zero-order chi connectivity index (χ0) is 31.1. The van der Waals surface area contributed by atoms with Gasteiger partial charge in [0.25, 0.3) is 0 Å². The van der Waals surface area contributed by atoms with E-state index in [0.29, 0.717) is 12.0 Å². The first-order valence-electron chi connectivity index (χ1n) is 14.1. The van der Waals surface area contributed by atoms with Crippen molar-refractivity contribution in [2.75, 3.05) is 27.8 Å². The Morgan fingerprint density at radius 2 is 1.51 bits per heavy atom. The lowest BCUT2D eigenvalue weighted by molar-refractivity contribution is -0.126. The number of halogens is 1. The number of methoxy groups -OCH3 is 2. The molecule has 3 aliphatic rings. The summed E-state index contributed by atoms with van der Waals surface area (Å²) in [5.74, 6) is -0.638. The molecule has 0 N–H and O–H groups in total. The molecule has 0 bridgehead atoms. The second-order valence-corrected chi connectivity index (χ2v) is 11.9. The molecule has 10 heteroatoms. The Kier molecular flexibility index (Phi) is 9.06. The highest BCUT2D eigenvalue weighted by atomic mass is 79.9. The number of allylic oxidation sites excluding steroid dienone is 3. The van der Waals surface area contributed by atoms with Crippen LogP contribution in [0.5, 0.6) is 11.5 Å². The second kappa shape index (κ2) is 12.5. The van der Waals surface area contributed by atoms with Gasteiger partial charge in [0.2, 0.25) is 5.78 Å². The number of ketones is 3. The van der Waals surface area contributed by atoms with E-state index in [2.05, 4.69) is 28.1 Å². The molecule has 3 atom stereocenters. The second-order valence-electron chi connectivity index (χ2n) is 11.1. The van der Waals surface area contributed by atoms with Crippen molar-refractivity contribution in [1.82, 2.24) is 0 Å². The van der Waals surface area contributed by atoms with Gasteiger partial charge in [0.15, 0.2) is 31.4 Å². The number of ether oxygens (including phenoxy) is 6. The quantitative estimate of drug-likeness (QED) is 0.279. The van der Waals surface area contributed by atoms with Gasteiger partial charge < -0.3 is 28.4 Å². The molecule has 0 radical (unpaired) electrons. The molecule has 1 fully saturated rings. The van der Waals surface area contributed by atoms with Gasteiger partial charge in [0, 0.05) is 38.2 Å². The summed E-state index contributed by atoms with van der Waals surface area (Å²) >= 11 is 3.40. The van der Waals surface area contributed by atoms with Crippen LogP contribution < -0.4 is 9.47 Å². The average Bonchev–Trinajstić information content (AvgIpc) is 3.34. The number of hydrogen-bond donors (Lipinski definition) is 0. The Balaban J connectivity index is 1.54. The summed E-state index contributed by atoms with van der Waals surface area (Å²) in [7, 11) is 2.92. The third kappa shape index (κ3) is 5.62. The third-order valence-corrected chi connectivity index (χ3v) is 9.01. The zero-order valence-electron chi connectivity index (χ0n) is 25.1. The molecule has 0 amide bonds. The summed E-state index contributed by atoms with van der Waals surface area (Å²) in [6.45, 7) is 7.79. The Labute approximate surface area is 259 Å². The van der Waals surface area contributed by atoms with Gasteiger partial charge in [-0.3, -0.25) is 14.4 Å². The maximum atomic E-state index is 14.2. The number of carbonyl (C=O) groups excluding carboxylic acids is 3. The van der Waals surface area contributed by atoms with Gasteiger partial charge in [-0.15, -0.1) is 0 Å². The highest BCUT2D eigenvalue weighted by molar-refractivity contribution is 9.12. The maximum absolute atomic E-state index is 14.2. The van der Waals surface area contributed by atoms with E-state index in [-0.39, 0.29) is 64.9 Å². The molecule has 9 nitrogen and oxygen atoms in total. The van der Waals surface area contributed by atoms with E-state index in [0.717, 1.165) is 22.3 Å². The molecule has 0 aromatic heterocycles. The van der Waals surface area contributed by atoms with Crippen LogP contribution in [0.2, 0.25) is 0 Å². The molecular weight excluding hydrogens is 620 g/mol. The number of Topliss-reactive ketones (excluding diaryl/α,β-unsaturated/α-hetero) is 2. The standard InChI is InChI=1S/C33H35BrO9/c1-7-33-14-21(35)12-20(31(33)42-32(43-33)25-18(3)10-17(2)11-19(25)4)13-22-28(34)30(37)27-24(41-16-39-6)9-8-23(40-15-38-5)26(27)29(22)36/h8-12,31-32H,7,13-16H2,1-6H3/t31-,32?,33+/m1/s1. The van der Waals surface area contributed by atoms with Crippen LogP contribution >= 0.6 is 15.9 Å². The molecule has 43 heavy (non-hydrogen) atoms. The summed E-state index contributed by atoms with van der Waals surface area (Å²) in [5.41, 5.74) is 4.12. The molecule has 1 saturated heterocycles. The van der Waals surface area contributed by atoms with Crippen molar-refractivity contribution in [2.24, 2.45) is 0 Å². The van der Waals surface area contributed by atoms with E-state index >= 15 is 0 Å². The van der Waals surface area contributed by atoms with Crippen LogP contribution in [0.4, 0.5) is 0 Å². The summed E-state index contributed by atoms with van der Waals surface area (Å²) in [6.07, 6.45) is 0.919.